The number of hydrogen-bond donors (Lipinski definition) is 0. The van der Waals surface area contributed by atoms with Crippen molar-refractivity contribution in [3.05, 3.63) is 64.6 Å². The van der Waals surface area contributed by atoms with Crippen LogP contribution < -0.4 is 0 Å². The number of benzene rings is 1. The molecule has 0 bridgehead atoms. The molecule has 134 valence electrons. The molecule has 3 atom stereocenters. The SMILES string of the molecule is Cc1ccc2c(c1)c1c3n2C(c2ccc(C)nc2)C(C)CC3CN(C)C1. The molecule has 0 saturated heterocycles. The van der Waals surface area contributed by atoms with E-state index in [0.717, 1.165) is 12.2 Å². The Hall–Kier alpha value is -2.13. The van der Waals surface area contributed by atoms with E-state index in [0.29, 0.717) is 17.9 Å². The van der Waals surface area contributed by atoms with Gasteiger partial charge in [-0.05, 0) is 62.6 Å². The molecular weight excluding hydrogens is 318 g/mol. The maximum Gasteiger partial charge on any atom is 0.0629 e. The third-order valence-electron chi connectivity index (χ3n) is 6.40. The van der Waals surface area contributed by atoms with Gasteiger partial charge < -0.3 is 9.47 Å². The summed E-state index contributed by atoms with van der Waals surface area (Å²) < 4.78 is 2.67. The first-order valence-corrected chi connectivity index (χ1v) is 9.77. The Bertz CT molecular complexity index is 983. The summed E-state index contributed by atoms with van der Waals surface area (Å²) in [4.78, 5) is 7.11. The van der Waals surface area contributed by atoms with Crippen LogP contribution in [0.1, 0.15) is 53.4 Å². The highest BCUT2D eigenvalue weighted by Gasteiger charge is 2.39. The van der Waals surface area contributed by atoms with E-state index in [4.69, 9.17) is 0 Å². The van der Waals surface area contributed by atoms with E-state index in [1.807, 2.05) is 0 Å². The van der Waals surface area contributed by atoms with Gasteiger partial charge in [0.05, 0.1) is 6.04 Å². The molecule has 0 fully saturated rings. The van der Waals surface area contributed by atoms with Crippen molar-refractivity contribution in [3.63, 3.8) is 0 Å². The fourth-order valence-electron chi connectivity index (χ4n) is 5.37. The topological polar surface area (TPSA) is 21.1 Å². The molecule has 2 aliphatic rings. The van der Waals surface area contributed by atoms with E-state index < -0.39 is 0 Å². The number of aromatic nitrogens is 2. The molecule has 3 nitrogen and oxygen atoms in total. The minimum Gasteiger partial charge on any atom is -0.336 e. The second-order valence-electron chi connectivity index (χ2n) is 8.54. The Morgan fingerprint density at radius 2 is 1.96 bits per heavy atom. The highest BCUT2D eigenvalue weighted by molar-refractivity contribution is 5.87. The van der Waals surface area contributed by atoms with E-state index in [-0.39, 0.29) is 0 Å². The van der Waals surface area contributed by atoms with Gasteiger partial charge in [0.2, 0.25) is 0 Å². The Morgan fingerprint density at radius 1 is 1.12 bits per heavy atom. The lowest BCUT2D eigenvalue weighted by Gasteiger charge is -2.41. The molecule has 1 aromatic carbocycles. The Morgan fingerprint density at radius 3 is 2.73 bits per heavy atom. The van der Waals surface area contributed by atoms with Crippen molar-refractivity contribution in [2.75, 3.05) is 13.6 Å². The number of pyridine rings is 1. The highest BCUT2D eigenvalue weighted by atomic mass is 15.1. The molecule has 26 heavy (non-hydrogen) atoms. The van der Waals surface area contributed by atoms with Gasteiger partial charge in [0, 0.05) is 47.5 Å². The summed E-state index contributed by atoms with van der Waals surface area (Å²) in [5.74, 6) is 1.24. The van der Waals surface area contributed by atoms with Gasteiger partial charge in [-0.25, -0.2) is 0 Å². The first kappa shape index (κ1) is 16.1. The van der Waals surface area contributed by atoms with Crippen LogP contribution in [-0.4, -0.2) is 28.0 Å². The number of rotatable bonds is 1. The molecular formula is C23H27N3. The Labute approximate surface area is 155 Å². The van der Waals surface area contributed by atoms with Crippen molar-refractivity contribution in [1.29, 1.82) is 0 Å². The molecule has 3 unspecified atom stereocenters. The standard InChI is InChI=1S/C23H27N3/c1-14-5-8-21-19(9-14)20-13-25(4)12-18-10-15(2)22(26(21)23(18)20)17-7-6-16(3)24-11-17/h5-9,11,15,18,22H,10,12-13H2,1-4H3. The summed E-state index contributed by atoms with van der Waals surface area (Å²) in [6.45, 7) is 8.92. The lowest BCUT2D eigenvalue weighted by atomic mass is 9.79. The predicted octanol–water partition coefficient (Wildman–Crippen LogP) is 4.81. The quantitative estimate of drug-likeness (QED) is 0.631. The van der Waals surface area contributed by atoms with E-state index in [9.17, 15) is 0 Å². The molecule has 0 radical (unpaired) electrons. The molecule has 4 heterocycles. The van der Waals surface area contributed by atoms with Crippen LogP contribution in [0, 0.1) is 19.8 Å². The smallest absolute Gasteiger partial charge is 0.0629 e. The van der Waals surface area contributed by atoms with Gasteiger partial charge in [-0.15, -0.1) is 0 Å². The van der Waals surface area contributed by atoms with Crippen molar-refractivity contribution in [3.8, 4) is 0 Å². The molecule has 3 aromatic rings. The van der Waals surface area contributed by atoms with Crippen LogP contribution in [0.4, 0.5) is 0 Å². The number of hydrogen-bond acceptors (Lipinski definition) is 2. The number of likely N-dealkylation sites (N-methyl/N-ethyl adjacent to an activating group) is 1. The first-order chi connectivity index (χ1) is 12.5. The van der Waals surface area contributed by atoms with Gasteiger partial charge in [0.1, 0.15) is 0 Å². The first-order valence-electron chi connectivity index (χ1n) is 9.77. The summed E-state index contributed by atoms with van der Waals surface area (Å²) in [6.07, 6.45) is 3.35. The zero-order chi connectivity index (χ0) is 18.0. The molecule has 2 aromatic heterocycles. The van der Waals surface area contributed by atoms with Crippen LogP contribution in [0.3, 0.4) is 0 Å². The second kappa shape index (κ2) is 5.68. The average molecular weight is 345 g/mol. The van der Waals surface area contributed by atoms with Crippen molar-refractivity contribution in [2.24, 2.45) is 5.92 Å². The minimum atomic E-state index is 0.386. The molecule has 0 spiro atoms. The lowest BCUT2D eigenvalue weighted by molar-refractivity contribution is 0.215. The molecule has 0 aliphatic carbocycles. The maximum atomic E-state index is 4.61. The minimum absolute atomic E-state index is 0.386. The third kappa shape index (κ3) is 2.26. The van der Waals surface area contributed by atoms with Gasteiger partial charge in [-0.2, -0.15) is 0 Å². The molecule has 5 rings (SSSR count). The molecule has 0 N–H and O–H groups in total. The number of aryl methyl sites for hydroxylation is 2. The van der Waals surface area contributed by atoms with Crippen LogP contribution in [-0.2, 0) is 6.54 Å². The van der Waals surface area contributed by atoms with Gasteiger partial charge in [-0.1, -0.05) is 24.6 Å². The predicted molar refractivity (Wildman–Crippen MR) is 107 cm³/mol. The molecule has 3 heteroatoms. The number of fused-ring (bicyclic) bond motifs is 3. The van der Waals surface area contributed by atoms with Gasteiger partial charge in [-0.3, -0.25) is 4.98 Å². The summed E-state index contributed by atoms with van der Waals surface area (Å²) in [6, 6.07) is 11.8. The monoisotopic (exact) mass is 345 g/mol. The highest BCUT2D eigenvalue weighted by Crippen LogP contribution is 2.48. The largest absolute Gasteiger partial charge is 0.336 e. The van der Waals surface area contributed by atoms with Gasteiger partial charge in [0.15, 0.2) is 0 Å². The molecule has 0 saturated carbocycles. The Kier molecular flexibility index (Phi) is 3.51. The fourth-order valence-corrected chi connectivity index (χ4v) is 5.37. The van der Waals surface area contributed by atoms with Gasteiger partial charge in [0.25, 0.3) is 0 Å². The average Bonchev–Trinajstić information content (AvgIpc) is 2.91. The van der Waals surface area contributed by atoms with Crippen molar-refractivity contribution in [1.82, 2.24) is 14.5 Å². The second-order valence-corrected chi connectivity index (χ2v) is 8.54. The van der Waals surface area contributed by atoms with Crippen LogP contribution in [0.2, 0.25) is 0 Å². The molecule has 0 amide bonds. The zero-order valence-corrected chi connectivity index (χ0v) is 16.2. The summed E-state index contributed by atoms with van der Waals surface area (Å²) >= 11 is 0. The van der Waals surface area contributed by atoms with E-state index in [2.05, 4.69) is 78.8 Å². The zero-order valence-electron chi connectivity index (χ0n) is 16.2. The summed E-state index contributed by atoms with van der Waals surface area (Å²) in [7, 11) is 2.27. The maximum absolute atomic E-state index is 4.61. The number of nitrogens with zero attached hydrogens (tertiary/aromatic N) is 3. The van der Waals surface area contributed by atoms with E-state index >= 15 is 0 Å². The summed E-state index contributed by atoms with van der Waals surface area (Å²) in [5, 5.41) is 1.45. The van der Waals surface area contributed by atoms with Gasteiger partial charge >= 0.3 is 0 Å². The third-order valence-corrected chi connectivity index (χ3v) is 6.40. The van der Waals surface area contributed by atoms with Crippen molar-refractivity contribution < 1.29 is 0 Å². The van der Waals surface area contributed by atoms with Crippen molar-refractivity contribution in [2.45, 2.75) is 45.7 Å². The van der Waals surface area contributed by atoms with Crippen molar-refractivity contribution >= 4 is 10.9 Å². The van der Waals surface area contributed by atoms with Crippen LogP contribution in [0.15, 0.2) is 36.5 Å². The van der Waals surface area contributed by atoms with E-state index in [1.54, 1.807) is 11.3 Å². The summed E-state index contributed by atoms with van der Waals surface area (Å²) in [5.41, 5.74) is 8.33. The fraction of sp³-hybridized carbons (Fsp3) is 0.435. The van der Waals surface area contributed by atoms with Crippen LogP contribution in [0.25, 0.3) is 10.9 Å². The van der Waals surface area contributed by atoms with Crippen LogP contribution in [0.5, 0.6) is 0 Å². The molecule has 2 aliphatic heterocycles. The lowest BCUT2D eigenvalue weighted by Crippen LogP contribution is -2.37. The van der Waals surface area contributed by atoms with E-state index in [1.165, 1.54) is 35.0 Å². The normalized spacial score (nSPS) is 25.5. The Balaban J connectivity index is 1.81. The van der Waals surface area contributed by atoms with Crippen LogP contribution >= 0.6 is 0 Å².